The van der Waals surface area contributed by atoms with Crippen LogP contribution in [0.1, 0.15) is 42.5 Å². The molecule has 0 atom stereocenters. The number of carbonyl (C=O) groups excluding carboxylic acids is 1. The van der Waals surface area contributed by atoms with Crippen LogP contribution in [0, 0.1) is 5.82 Å². The summed E-state index contributed by atoms with van der Waals surface area (Å²) in [5.41, 5.74) is 0.247. The topological polar surface area (TPSA) is 91.9 Å². The zero-order valence-electron chi connectivity index (χ0n) is 17.5. The summed E-state index contributed by atoms with van der Waals surface area (Å²) in [4.78, 5) is 23.9. The lowest BCUT2D eigenvalue weighted by Gasteiger charge is -2.23. The summed E-state index contributed by atoms with van der Waals surface area (Å²) in [7, 11) is 0. The predicted molar refractivity (Wildman–Crippen MR) is 119 cm³/mol. The van der Waals surface area contributed by atoms with Gasteiger partial charge >= 0.3 is 6.18 Å². The van der Waals surface area contributed by atoms with E-state index in [1.165, 1.54) is 6.07 Å². The van der Waals surface area contributed by atoms with Crippen LogP contribution in [0.3, 0.4) is 0 Å². The van der Waals surface area contributed by atoms with Crippen LogP contribution in [0.5, 0.6) is 5.88 Å². The van der Waals surface area contributed by atoms with Crippen LogP contribution < -0.4 is 15.4 Å². The molecule has 34 heavy (non-hydrogen) atoms. The summed E-state index contributed by atoms with van der Waals surface area (Å²) in [6, 6.07) is 3.34. The number of hydrogen-bond donors (Lipinski definition) is 3. The monoisotopic (exact) mass is 519 g/mol. The summed E-state index contributed by atoms with van der Waals surface area (Å²) in [5, 5.41) is 5.60. The number of hydrogen-bond acceptors (Lipinski definition) is 5. The summed E-state index contributed by atoms with van der Waals surface area (Å²) in [5.74, 6) is -1.64. The molecule has 182 valence electrons. The molecule has 1 aliphatic carbocycles. The second-order valence-corrected chi connectivity index (χ2v) is 8.69. The van der Waals surface area contributed by atoms with E-state index < -0.39 is 30.4 Å². The molecule has 1 amide bonds. The normalized spacial score (nSPS) is 14.9. The fraction of sp³-hybridized carbons (Fsp3) is 0.381. The first-order chi connectivity index (χ1) is 16.1. The standard InChI is InChI=1S/C21H19Cl2F4N5O2/c22-13-6-10(24)7-14(23)16(13)30-20-29-15-8-12(18(33)28-11-4-2-1-3-5-11)19(31-17(15)32-20)34-9-21(25,26)27/h6-8,11H,1-5,9H2,(H,28,33)(H2,29,30,31,32). The van der Waals surface area contributed by atoms with Crippen molar-refractivity contribution in [3.8, 4) is 5.88 Å². The molecule has 0 aliphatic heterocycles. The minimum absolute atomic E-state index is 0.0109. The Hall–Kier alpha value is -2.79. The molecule has 0 radical (unpaired) electrons. The van der Waals surface area contributed by atoms with Gasteiger partial charge in [-0.25, -0.2) is 4.39 Å². The van der Waals surface area contributed by atoms with Crippen molar-refractivity contribution >= 4 is 51.9 Å². The lowest BCUT2D eigenvalue weighted by Crippen LogP contribution is -2.36. The number of aromatic amines is 1. The third-order valence-corrected chi connectivity index (χ3v) is 5.84. The molecule has 3 N–H and O–H groups in total. The van der Waals surface area contributed by atoms with Gasteiger partial charge in [0.2, 0.25) is 11.8 Å². The minimum Gasteiger partial charge on any atom is -0.467 e. The lowest BCUT2D eigenvalue weighted by atomic mass is 9.95. The molecular formula is C21H19Cl2F4N5O2. The predicted octanol–water partition coefficient (Wildman–Crippen LogP) is 6.15. The van der Waals surface area contributed by atoms with Crippen molar-refractivity contribution in [1.29, 1.82) is 0 Å². The van der Waals surface area contributed by atoms with Crippen molar-refractivity contribution in [2.75, 3.05) is 11.9 Å². The number of fused-ring (bicyclic) bond motifs is 1. The number of halogens is 6. The van der Waals surface area contributed by atoms with E-state index in [-0.39, 0.29) is 44.5 Å². The number of alkyl halides is 3. The van der Waals surface area contributed by atoms with Gasteiger partial charge in [0, 0.05) is 6.04 Å². The molecule has 3 aromatic rings. The molecule has 0 spiro atoms. The smallest absolute Gasteiger partial charge is 0.422 e. The summed E-state index contributed by atoms with van der Waals surface area (Å²) >= 11 is 12.1. The highest BCUT2D eigenvalue weighted by Gasteiger charge is 2.30. The average Bonchev–Trinajstić information content (AvgIpc) is 3.15. The molecular weight excluding hydrogens is 501 g/mol. The van der Waals surface area contributed by atoms with Gasteiger partial charge in [-0.2, -0.15) is 23.1 Å². The number of amides is 1. The fourth-order valence-electron chi connectivity index (χ4n) is 3.70. The van der Waals surface area contributed by atoms with Crippen LogP contribution in [0.15, 0.2) is 18.2 Å². The molecule has 0 unspecified atom stereocenters. The van der Waals surface area contributed by atoms with E-state index in [0.717, 1.165) is 44.2 Å². The maximum atomic E-state index is 13.4. The number of aromatic nitrogens is 3. The highest BCUT2D eigenvalue weighted by molar-refractivity contribution is 6.39. The van der Waals surface area contributed by atoms with Gasteiger partial charge in [0.25, 0.3) is 5.91 Å². The van der Waals surface area contributed by atoms with E-state index in [2.05, 4.69) is 25.6 Å². The molecule has 7 nitrogen and oxygen atoms in total. The summed E-state index contributed by atoms with van der Waals surface area (Å²) in [6.45, 7) is -1.62. The van der Waals surface area contributed by atoms with Crippen molar-refractivity contribution in [3.05, 3.63) is 39.6 Å². The second kappa shape index (κ2) is 9.83. The van der Waals surface area contributed by atoms with Crippen molar-refractivity contribution in [1.82, 2.24) is 20.3 Å². The van der Waals surface area contributed by atoms with Crippen LogP contribution >= 0.6 is 23.2 Å². The SMILES string of the molecule is O=C(NC1CCCCC1)c1cc2[nH]c(Nc3c(Cl)cc(F)cc3Cl)nc2nc1OCC(F)(F)F. The maximum absolute atomic E-state index is 13.4. The maximum Gasteiger partial charge on any atom is 0.422 e. The van der Waals surface area contributed by atoms with Gasteiger partial charge in [0.1, 0.15) is 11.4 Å². The van der Waals surface area contributed by atoms with Crippen LogP contribution in [0.4, 0.5) is 29.2 Å². The van der Waals surface area contributed by atoms with Gasteiger partial charge in [-0.1, -0.05) is 42.5 Å². The molecule has 2 aromatic heterocycles. The lowest BCUT2D eigenvalue weighted by molar-refractivity contribution is -0.154. The molecule has 1 saturated carbocycles. The average molecular weight is 520 g/mol. The Balaban J connectivity index is 1.66. The molecule has 0 bridgehead atoms. The van der Waals surface area contributed by atoms with Crippen LogP contribution in [-0.2, 0) is 0 Å². The molecule has 0 saturated heterocycles. The fourth-order valence-corrected chi connectivity index (χ4v) is 4.25. The van der Waals surface area contributed by atoms with E-state index in [0.29, 0.717) is 0 Å². The number of imidazole rings is 1. The molecule has 2 heterocycles. The Morgan fingerprint density at radius 2 is 1.79 bits per heavy atom. The number of H-pyrrole nitrogens is 1. The first-order valence-electron chi connectivity index (χ1n) is 10.4. The number of pyridine rings is 1. The highest BCUT2D eigenvalue weighted by atomic mass is 35.5. The number of carbonyl (C=O) groups is 1. The van der Waals surface area contributed by atoms with Crippen LogP contribution in [-0.4, -0.2) is 39.7 Å². The van der Waals surface area contributed by atoms with Crippen molar-refractivity contribution in [2.45, 2.75) is 44.3 Å². The van der Waals surface area contributed by atoms with Crippen molar-refractivity contribution < 1.29 is 27.1 Å². The molecule has 1 fully saturated rings. The Bertz CT molecular complexity index is 1190. The number of rotatable bonds is 6. The Morgan fingerprint density at radius 1 is 1.12 bits per heavy atom. The van der Waals surface area contributed by atoms with Gasteiger partial charge in [-0.15, -0.1) is 0 Å². The Kier molecular flexibility index (Phi) is 7.04. The minimum atomic E-state index is -4.62. The van der Waals surface area contributed by atoms with Gasteiger partial charge in [-0.3, -0.25) is 4.79 Å². The Labute approximate surface area is 201 Å². The quantitative estimate of drug-likeness (QED) is 0.339. The molecule has 4 rings (SSSR count). The van der Waals surface area contributed by atoms with E-state index in [9.17, 15) is 22.4 Å². The van der Waals surface area contributed by atoms with E-state index in [1.54, 1.807) is 0 Å². The van der Waals surface area contributed by atoms with Crippen molar-refractivity contribution in [2.24, 2.45) is 0 Å². The van der Waals surface area contributed by atoms with Crippen molar-refractivity contribution in [3.63, 3.8) is 0 Å². The zero-order valence-corrected chi connectivity index (χ0v) is 19.0. The van der Waals surface area contributed by atoms with Crippen LogP contribution in [0.2, 0.25) is 10.0 Å². The van der Waals surface area contributed by atoms with Gasteiger partial charge < -0.3 is 20.4 Å². The third-order valence-electron chi connectivity index (χ3n) is 5.25. The zero-order chi connectivity index (χ0) is 24.5. The second-order valence-electron chi connectivity index (χ2n) is 7.88. The number of ether oxygens (including phenoxy) is 1. The first kappa shape index (κ1) is 24.3. The van der Waals surface area contributed by atoms with Gasteiger partial charge in [0.15, 0.2) is 12.3 Å². The summed E-state index contributed by atoms with van der Waals surface area (Å²) < 4.78 is 56.6. The first-order valence-corrected chi connectivity index (χ1v) is 11.2. The number of anilines is 2. The van der Waals surface area contributed by atoms with Gasteiger partial charge in [-0.05, 0) is 31.0 Å². The van der Waals surface area contributed by atoms with E-state index in [4.69, 9.17) is 27.9 Å². The largest absolute Gasteiger partial charge is 0.467 e. The van der Waals surface area contributed by atoms with Crippen LogP contribution in [0.25, 0.3) is 11.2 Å². The molecule has 1 aromatic carbocycles. The Morgan fingerprint density at radius 3 is 2.44 bits per heavy atom. The number of benzene rings is 1. The molecule has 13 heteroatoms. The van der Waals surface area contributed by atoms with Gasteiger partial charge in [0.05, 0.1) is 21.2 Å². The summed E-state index contributed by atoms with van der Waals surface area (Å²) in [6.07, 6.45) is -0.0452. The number of nitrogens with zero attached hydrogens (tertiary/aromatic N) is 2. The third kappa shape index (κ3) is 5.82. The highest BCUT2D eigenvalue weighted by Crippen LogP contribution is 2.34. The number of nitrogens with one attached hydrogen (secondary N) is 3. The van der Waals surface area contributed by atoms with E-state index in [1.807, 2.05) is 0 Å². The molecule has 1 aliphatic rings. The van der Waals surface area contributed by atoms with E-state index >= 15 is 0 Å².